The van der Waals surface area contributed by atoms with Gasteiger partial charge in [0.05, 0.1) is 18.3 Å². The van der Waals surface area contributed by atoms with Gasteiger partial charge in [0.2, 0.25) is 0 Å². The summed E-state index contributed by atoms with van der Waals surface area (Å²) in [5.74, 6) is 0. The summed E-state index contributed by atoms with van der Waals surface area (Å²) in [6, 6.07) is 7.18. The topological polar surface area (TPSA) is 79.2 Å². The van der Waals surface area contributed by atoms with E-state index in [0.717, 1.165) is 29.7 Å². The number of carbonyl (C=O) groups is 1. The third-order valence-corrected chi connectivity index (χ3v) is 4.04. The van der Waals surface area contributed by atoms with Crippen LogP contribution >= 0.6 is 0 Å². The summed E-state index contributed by atoms with van der Waals surface area (Å²) >= 11 is 0. The van der Waals surface area contributed by atoms with Crippen LogP contribution in [0.4, 0.5) is 4.79 Å². The summed E-state index contributed by atoms with van der Waals surface area (Å²) in [6.07, 6.45) is 3.69. The van der Waals surface area contributed by atoms with Crippen LogP contribution in [0.3, 0.4) is 0 Å². The summed E-state index contributed by atoms with van der Waals surface area (Å²) < 4.78 is 1.75. The Balaban J connectivity index is 1.93. The fraction of sp³-hybridized carbons (Fsp3) is 0.444. The molecule has 0 bridgehead atoms. The number of rotatable bonds is 7. The van der Waals surface area contributed by atoms with Gasteiger partial charge in [-0.2, -0.15) is 5.10 Å². The van der Waals surface area contributed by atoms with E-state index >= 15 is 0 Å². The van der Waals surface area contributed by atoms with E-state index in [2.05, 4.69) is 22.7 Å². The van der Waals surface area contributed by atoms with Crippen LogP contribution in [0.15, 0.2) is 30.5 Å². The molecule has 0 saturated heterocycles. The van der Waals surface area contributed by atoms with Gasteiger partial charge >= 0.3 is 6.03 Å². The van der Waals surface area contributed by atoms with Crippen molar-refractivity contribution in [3.63, 3.8) is 0 Å². The van der Waals surface area contributed by atoms with E-state index in [1.54, 1.807) is 4.68 Å². The lowest BCUT2D eigenvalue weighted by Crippen LogP contribution is -2.39. The molecule has 0 aliphatic carbocycles. The summed E-state index contributed by atoms with van der Waals surface area (Å²) in [5, 5.41) is 19.6. The second kappa shape index (κ2) is 8.49. The van der Waals surface area contributed by atoms with Gasteiger partial charge < -0.3 is 15.7 Å². The first-order chi connectivity index (χ1) is 11.6. The summed E-state index contributed by atoms with van der Waals surface area (Å²) in [7, 11) is 1.87. The lowest BCUT2D eigenvalue weighted by Gasteiger charge is -2.17. The van der Waals surface area contributed by atoms with E-state index in [4.69, 9.17) is 0 Å². The standard InChI is InChI=1S/C18H26N4O2/c1-4-13-6-8-14(9-7-13)17(12-23)20-18(24)19-10-15-11-22(3)21-16(15)5-2/h6-9,11,17,23H,4-5,10,12H2,1-3H3,(H2,19,20,24). The van der Waals surface area contributed by atoms with Crippen LogP contribution in [0.2, 0.25) is 0 Å². The Morgan fingerprint density at radius 3 is 2.54 bits per heavy atom. The second-order valence-electron chi connectivity index (χ2n) is 5.79. The number of aromatic nitrogens is 2. The van der Waals surface area contributed by atoms with Crippen molar-refractivity contribution in [2.75, 3.05) is 6.61 Å². The van der Waals surface area contributed by atoms with Crippen LogP contribution < -0.4 is 10.6 Å². The Hall–Kier alpha value is -2.34. The molecule has 0 aliphatic heterocycles. The summed E-state index contributed by atoms with van der Waals surface area (Å²) in [4.78, 5) is 12.1. The third kappa shape index (κ3) is 4.58. The number of hydrogen-bond acceptors (Lipinski definition) is 3. The number of aryl methyl sites for hydroxylation is 3. The number of nitrogens with one attached hydrogen (secondary N) is 2. The third-order valence-electron chi connectivity index (χ3n) is 4.04. The number of hydrogen-bond donors (Lipinski definition) is 3. The number of nitrogens with zero attached hydrogens (tertiary/aromatic N) is 2. The second-order valence-corrected chi connectivity index (χ2v) is 5.79. The maximum absolute atomic E-state index is 12.1. The molecule has 0 radical (unpaired) electrons. The molecule has 3 N–H and O–H groups in total. The highest BCUT2D eigenvalue weighted by atomic mass is 16.3. The highest BCUT2D eigenvalue weighted by Gasteiger charge is 2.14. The number of aliphatic hydroxyl groups excluding tert-OH is 1. The Bertz CT molecular complexity index is 664. The number of aliphatic hydroxyl groups is 1. The van der Waals surface area contributed by atoms with Crippen molar-refractivity contribution < 1.29 is 9.90 Å². The molecule has 6 heteroatoms. The van der Waals surface area contributed by atoms with E-state index < -0.39 is 6.04 Å². The monoisotopic (exact) mass is 330 g/mol. The van der Waals surface area contributed by atoms with Crippen LogP contribution in [-0.2, 0) is 26.4 Å². The molecular weight excluding hydrogens is 304 g/mol. The minimum Gasteiger partial charge on any atom is -0.394 e. The first-order valence-electron chi connectivity index (χ1n) is 8.32. The maximum Gasteiger partial charge on any atom is 0.315 e. The first kappa shape index (κ1) is 18.0. The zero-order valence-electron chi connectivity index (χ0n) is 14.5. The van der Waals surface area contributed by atoms with E-state index in [-0.39, 0.29) is 12.6 Å². The van der Waals surface area contributed by atoms with Crippen molar-refractivity contribution in [2.45, 2.75) is 39.3 Å². The van der Waals surface area contributed by atoms with Gasteiger partial charge in [0.1, 0.15) is 0 Å². The van der Waals surface area contributed by atoms with Gasteiger partial charge in [0.15, 0.2) is 0 Å². The van der Waals surface area contributed by atoms with Crippen molar-refractivity contribution >= 4 is 6.03 Å². The lowest BCUT2D eigenvalue weighted by atomic mass is 10.0. The van der Waals surface area contributed by atoms with Gasteiger partial charge in [-0.3, -0.25) is 4.68 Å². The van der Waals surface area contributed by atoms with Crippen LogP contribution in [0.5, 0.6) is 0 Å². The Morgan fingerprint density at radius 2 is 1.96 bits per heavy atom. The minimum atomic E-state index is -0.421. The Kier molecular flexibility index (Phi) is 6.37. The highest BCUT2D eigenvalue weighted by Crippen LogP contribution is 2.14. The van der Waals surface area contributed by atoms with E-state index in [1.807, 2.05) is 44.4 Å². The van der Waals surface area contributed by atoms with Crippen molar-refractivity contribution in [1.29, 1.82) is 0 Å². The van der Waals surface area contributed by atoms with Gasteiger partial charge in [-0.15, -0.1) is 0 Å². The fourth-order valence-corrected chi connectivity index (χ4v) is 2.63. The van der Waals surface area contributed by atoms with Crippen LogP contribution in [-0.4, -0.2) is 27.5 Å². The average Bonchev–Trinajstić information content (AvgIpc) is 2.98. The van der Waals surface area contributed by atoms with Crippen LogP contribution in [0.25, 0.3) is 0 Å². The molecule has 130 valence electrons. The number of urea groups is 1. The number of carbonyl (C=O) groups excluding carboxylic acids is 1. The quantitative estimate of drug-likeness (QED) is 0.727. The minimum absolute atomic E-state index is 0.147. The zero-order valence-corrected chi connectivity index (χ0v) is 14.5. The molecule has 6 nitrogen and oxygen atoms in total. The maximum atomic E-state index is 12.1. The van der Waals surface area contributed by atoms with Crippen molar-refractivity contribution in [3.05, 3.63) is 52.8 Å². The SMILES string of the molecule is CCc1ccc(C(CO)NC(=O)NCc2cn(C)nc2CC)cc1. The summed E-state index contributed by atoms with van der Waals surface area (Å²) in [5.41, 5.74) is 4.10. The Morgan fingerprint density at radius 1 is 1.25 bits per heavy atom. The predicted molar refractivity (Wildman–Crippen MR) is 93.6 cm³/mol. The largest absolute Gasteiger partial charge is 0.394 e. The smallest absolute Gasteiger partial charge is 0.315 e. The zero-order chi connectivity index (χ0) is 17.5. The predicted octanol–water partition coefficient (Wildman–Crippen LogP) is 2.08. The van der Waals surface area contributed by atoms with E-state index in [1.165, 1.54) is 5.56 Å². The molecule has 1 aromatic carbocycles. The van der Waals surface area contributed by atoms with Crippen molar-refractivity contribution in [1.82, 2.24) is 20.4 Å². The van der Waals surface area contributed by atoms with Crippen molar-refractivity contribution in [3.8, 4) is 0 Å². The summed E-state index contributed by atoms with van der Waals surface area (Å²) in [6.45, 7) is 4.39. The molecule has 0 spiro atoms. The normalized spacial score (nSPS) is 12.0. The average molecular weight is 330 g/mol. The highest BCUT2D eigenvalue weighted by molar-refractivity contribution is 5.74. The molecule has 0 saturated carbocycles. The van der Waals surface area contributed by atoms with Crippen molar-refractivity contribution in [2.24, 2.45) is 7.05 Å². The van der Waals surface area contributed by atoms with Crippen LogP contribution in [0.1, 0.15) is 42.3 Å². The molecule has 2 aromatic rings. The molecule has 1 atom stereocenters. The van der Waals surface area contributed by atoms with E-state index in [0.29, 0.717) is 6.54 Å². The molecule has 1 aromatic heterocycles. The molecule has 0 aliphatic rings. The fourth-order valence-electron chi connectivity index (χ4n) is 2.63. The van der Waals surface area contributed by atoms with Gasteiger partial charge in [-0.05, 0) is 24.0 Å². The molecule has 24 heavy (non-hydrogen) atoms. The lowest BCUT2D eigenvalue weighted by molar-refractivity contribution is 0.216. The van der Waals surface area contributed by atoms with Gasteiger partial charge in [0, 0.05) is 25.4 Å². The first-order valence-corrected chi connectivity index (χ1v) is 8.32. The molecule has 1 unspecified atom stereocenters. The van der Waals surface area contributed by atoms with Crippen LogP contribution in [0, 0.1) is 0 Å². The number of benzene rings is 1. The molecular formula is C18H26N4O2. The molecule has 2 amide bonds. The Labute approximate surface area is 142 Å². The van der Waals surface area contributed by atoms with E-state index in [9.17, 15) is 9.90 Å². The van der Waals surface area contributed by atoms with Gasteiger partial charge in [-0.1, -0.05) is 38.1 Å². The molecule has 0 fully saturated rings. The van der Waals surface area contributed by atoms with Gasteiger partial charge in [-0.25, -0.2) is 4.79 Å². The number of amides is 2. The molecule has 2 rings (SSSR count). The van der Waals surface area contributed by atoms with Gasteiger partial charge in [0.25, 0.3) is 0 Å². The molecule has 1 heterocycles.